The smallest absolute Gasteiger partial charge is 0.236 e. The molecule has 0 atom stereocenters. The maximum absolute atomic E-state index is 12.3. The average molecular weight is 348 g/mol. The zero-order valence-corrected chi connectivity index (χ0v) is 15.2. The molecule has 0 bridgehead atoms. The van der Waals surface area contributed by atoms with Crippen molar-refractivity contribution in [3.8, 4) is 0 Å². The highest BCUT2D eigenvalue weighted by atomic mass is 16.2. The first kappa shape index (κ1) is 17.8. The Morgan fingerprint density at radius 3 is 2.28 bits per heavy atom. The van der Waals surface area contributed by atoms with Crippen LogP contribution in [0.2, 0.25) is 0 Å². The van der Waals surface area contributed by atoms with Gasteiger partial charge in [0.1, 0.15) is 5.82 Å². The summed E-state index contributed by atoms with van der Waals surface area (Å²) in [6.45, 7) is 6.62. The topological polar surface area (TPSA) is 94.7 Å². The number of carbonyl (C=O) groups excluding carboxylic acids is 1. The molecule has 0 spiro atoms. The van der Waals surface area contributed by atoms with Gasteiger partial charge in [-0.2, -0.15) is 15.0 Å². The van der Waals surface area contributed by atoms with Crippen molar-refractivity contribution in [2.45, 2.75) is 19.4 Å². The number of rotatable bonds is 5. The maximum Gasteiger partial charge on any atom is 0.236 e. The summed E-state index contributed by atoms with van der Waals surface area (Å²) in [5.41, 5.74) is 5.78. The third-order valence-electron chi connectivity index (χ3n) is 4.73. The predicted octanol–water partition coefficient (Wildman–Crippen LogP) is -0.740. The Hall–Kier alpha value is -2.00. The number of hydrogen-bond acceptors (Lipinski definition) is 8. The Labute approximate surface area is 148 Å². The first-order valence-corrected chi connectivity index (χ1v) is 8.91. The zero-order valence-electron chi connectivity index (χ0n) is 15.2. The highest BCUT2D eigenvalue weighted by Gasteiger charge is 2.24. The number of amides is 1. The van der Waals surface area contributed by atoms with Gasteiger partial charge in [0.05, 0.1) is 13.1 Å². The number of aromatic nitrogens is 3. The molecule has 0 aliphatic carbocycles. The number of nitrogens with two attached hydrogens (primary N) is 1. The van der Waals surface area contributed by atoms with Gasteiger partial charge < -0.3 is 15.5 Å². The minimum absolute atomic E-state index is 0.253. The van der Waals surface area contributed by atoms with Crippen LogP contribution >= 0.6 is 0 Å². The van der Waals surface area contributed by atoms with Crippen molar-refractivity contribution < 1.29 is 4.79 Å². The van der Waals surface area contributed by atoms with Gasteiger partial charge in [-0.05, 0) is 12.8 Å². The van der Waals surface area contributed by atoms with Gasteiger partial charge in [0.15, 0.2) is 0 Å². The maximum atomic E-state index is 12.3. The molecule has 138 valence electrons. The van der Waals surface area contributed by atoms with Crippen molar-refractivity contribution >= 4 is 17.8 Å². The molecule has 9 nitrogen and oxygen atoms in total. The molecule has 1 amide bonds. The summed E-state index contributed by atoms with van der Waals surface area (Å²) in [4.78, 5) is 33.4. The number of nitrogen functional groups attached to an aromatic ring is 1. The number of nitrogens with zero attached hydrogens (tertiary/aromatic N) is 7. The number of carbonyl (C=O) groups is 1. The molecule has 2 aliphatic heterocycles. The van der Waals surface area contributed by atoms with E-state index in [2.05, 4.69) is 24.8 Å². The van der Waals surface area contributed by atoms with Crippen LogP contribution in [0.4, 0.5) is 11.9 Å². The Bertz CT molecular complexity index is 594. The number of hydrogen-bond donors (Lipinski definition) is 1. The first-order chi connectivity index (χ1) is 12.0. The van der Waals surface area contributed by atoms with Gasteiger partial charge in [-0.15, -0.1) is 0 Å². The standard InChI is InChI=1S/C16H28N8O/c1-21(2)16-19-13(18-15(17)20-16)11-22-7-9-23(10-8-22)12-14(25)24-5-3-4-6-24/h3-12H2,1-2H3,(H2,17,18,19,20). The monoisotopic (exact) mass is 348 g/mol. The summed E-state index contributed by atoms with van der Waals surface area (Å²) in [6, 6.07) is 0. The molecular weight excluding hydrogens is 320 g/mol. The first-order valence-electron chi connectivity index (χ1n) is 8.91. The number of anilines is 2. The molecule has 0 saturated carbocycles. The lowest BCUT2D eigenvalue weighted by Crippen LogP contribution is -2.49. The third kappa shape index (κ3) is 4.76. The summed E-state index contributed by atoms with van der Waals surface area (Å²) in [5, 5.41) is 0. The Morgan fingerprint density at radius 1 is 1.00 bits per heavy atom. The van der Waals surface area contributed by atoms with Crippen LogP contribution in [0.3, 0.4) is 0 Å². The second kappa shape index (κ2) is 7.92. The van der Waals surface area contributed by atoms with Gasteiger partial charge in [-0.1, -0.05) is 0 Å². The lowest BCUT2D eigenvalue weighted by molar-refractivity contribution is -0.131. The van der Waals surface area contributed by atoms with Crippen molar-refractivity contribution in [3.05, 3.63) is 5.82 Å². The van der Waals surface area contributed by atoms with Gasteiger partial charge in [-0.3, -0.25) is 14.6 Å². The summed E-state index contributed by atoms with van der Waals surface area (Å²) in [7, 11) is 3.77. The van der Waals surface area contributed by atoms with Crippen LogP contribution in [0, 0.1) is 0 Å². The van der Waals surface area contributed by atoms with Crippen molar-refractivity contribution in [1.29, 1.82) is 0 Å². The van der Waals surface area contributed by atoms with Crippen LogP contribution in [-0.4, -0.2) is 95.5 Å². The van der Waals surface area contributed by atoms with E-state index in [0.717, 1.165) is 52.1 Å². The molecule has 0 radical (unpaired) electrons. The van der Waals surface area contributed by atoms with Gasteiger partial charge in [0.2, 0.25) is 17.8 Å². The molecule has 2 fully saturated rings. The molecule has 2 aliphatic rings. The van der Waals surface area contributed by atoms with Crippen LogP contribution in [0.15, 0.2) is 0 Å². The lowest BCUT2D eigenvalue weighted by atomic mass is 10.3. The van der Waals surface area contributed by atoms with Gasteiger partial charge in [0.25, 0.3) is 0 Å². The van der Waals surface area contributed by atoms with E-state index in [-0.39, 0.29) is 11.9 Å². The molecule has 3 heterocycles. The quantitative estimate of drug-likeness (QED) is 0.743. The van der Waals surface area contributed by atoms with E-state index in [1.54, 1.807) is 0 Å². The van der Waals surface area contributed by atoms with Crippen LogP contribution in [-0.2, 0) is 11.3 Å². The summed E-state index contributed by atoms with van der Waals surface area (Å²) < 4.78 is 0. The van der Waals surface area contributed by atoms with E-state index >= 15 is 0 Å². The van der Waals surface area contributed by atoms with Crippen LogP contribution in [0.5, 0.6) is 0 Å². The highest BCUT2D eigenvalue weighted by molar-refractivity contribution is 5.78. The minimum atomic E-state index is 0.253. The normalized spacial score (nSPS) is 19.4. The third-order valence-corrected chi connectivity index (χ3v) is 4.73. The SMILES string of the molecule is CN(C)c1nc(N)nc(CN2CCN(CC(=O)N3CCCC3)CC2)n1. The van der Waals surface area contributed by atoms with E-state index < -0.39 is 0 Å². The van der Waals surface area contributed by atoms with Crippen molar-refractivity contribution in [3.63, 3.8) is 0 Å². The van der Waals surface area contributed by atoms with Gasteiger partial charge in [0, 0.05) is 53.4 Å². The molecule has 3 rings (SSSR count). The Kier molecular flexibility index (Phi) is 5.64. The van der Waals surface area contributed by atoms with E-state index in [0.29, 0.717) is 24.9 Å². The highest BCUT2D eigenvalue weighted by Crippen LogP contribution is 2.11. The van der Waals surface area contributed by atoms with E-state index in [9.17, 15) is 4.79 Å². The average Bonchev–Trinajstić information content (AvgIpc) is 3.11. The van der Waals surface area contributed by atoms with Crippen LogP contribution < -0.4 is 10.6 Å². The Morgan fingerprint density at radius 2 is 1.64 bits per heavy atom. The largest absolute Gasteiger partial charge is 0.368 e. The molecular formula is C16H28N8O. The lowest BCUT2D eigenvalue weighted by Gasteiger charge is -2.34. The molecule has 1 aromatic heterocycles. The molecule has 9 heteroatoms. The van der Waals surface area contributed by atoms with Gasteiger partial charge in [-0.25, -0.2) is 0 Å². The fourth-order valence-corrected chi connectivity index (χ4v) is 3.26. The van der Waals surface area contributed by atoms with Crippen molar-refractivity contribution in [2.75, 3.05) is 70.5 Å². The fourth-order valence-electron chi connectivity index (χ4n) is 3.26. The second-order valence-corrected chi connectivity index (χ2v) is 6.94. The van der Waals surface area contributed by atoms with E-state index in [1.165, 1.54) is 0 Å². The fraction of sp³-hybridized carbons (Fsp3) is 0.750. The predicted molar refractivity (Wildman–Crippen MR) is 96.1 cm³/mol. The molecule has 25 heavy (non-hydrogen) atoms. The van der Waals surface area contributed by atoms with E-state index in [4.69, 9.17) is 5.73 Å². The number of piperazine rings is 1. The van der Waals surface area contributed by atoms with Crippen molar-refractivity contribution in [2.24, 2.45) is 0 Å². The summed E-state index contributed by atoms with van der Waals surface area (Å²) in [5.74, 6) is 1.80. The van der Waals surface area contributed by atoms with Gasteiger partial charge >= 0.3 is 0 Å². The number of likely N-dealkylation sites (tertiary alicyclic amines) is 1. The molecule has 1 aromatic rings. The Balaban J connectivity index is 1.48. The molecule has 0 unspecified atom stereocenters. The van der Waals surface area contributed by atoms with Crippen LogP contribution in [0.1, 0.15) is 18.7 Å². The molecule has 2 saturated heterocycles. The second-order valence-electron chi connectivity index (χ2n) is 6.94. The molecule has 2 N–H and O–H groups in total. The van der Waals surface area contributed by atoms with Crippen molar-refractivity contribution in [1.82, 2.24) is 29.7 Å². The zero-order chi connectivity index (χ0) is 17.8. The summed E-state index contributed by atoms with van der Waals surface area (Å²) in [6.07, 6.45) is 2.28. The van der Waals surface area contributed by atoms with Crippen LogP contribution in [0.25, 0.3) is 0 Å². The molecule has 0 aromatic carbocycles. The minimum Gasteiger partial charge on any atom is -0.368 e. The van der Waals surface area contributed by atoms with E-state index in [1.807, 2.05) is 23.9 Å². The summed E-state index contributed by atoms with van der Waals surface area (Å²) >= 11 is 0.